The predicted molar refractivity (Wildman–Crippen MR) is 83.7 cm³/mol. The van der Waals surface area contributed by atoms with Gasteiger partial charge in [-0.1, -0.05) is 11.6 Å². The van der Waals surface area contributed by atoms with Crippen LogP contribution >= 0.6 is 23.2 Å². The number of halogens is 2. The lowest BCUT2D eigenvalue weighted by Gasteiger charge is -2.12. The third-order valence-electron chi connectivity index (χ3n) is 2.69. The van der Waals surface area contributed by atoms with Crippen LogP contribution in [0.5, 0.6) is 0 Å². The van der Waals surface area contributed by atoms with Gasteiger partial charge in [0.1, 0.15) is 12.7 Å². The van der Waals surface area contributed by atoms with Crippen molar-refractivity contribution < 1.29 is 8.42 Å². The fourth-order valence-corrected chi connectivity index (χ4v) is 3.27. The first-order valence-electron chi connectivity index (χ1n) is 6.23. The van der Waals surface area contributed by atoms with E-state index in [1.54, 1.807) is 12.1 Å². The van der Waals surface area contributed by atoms with E-state index in [0.717, 1.165) is 0 Å². The Kier molecular flexibility index (Phi) is 5.44. The highest BCUT2D eigenvalue weighted by Gasteiger charge is 2.14. The van der Waals surface area contributed by atoms with Gasteiger partial charge in [0, 0.05) is 10.9 Å². The molecule has 1 N–H and O–H groups in total. The van der Waals surface area contributed by atoms with Crippen LogP contribution in [0, 0.1) is 0 Å². The average molecular weight is 349 g/mol. The Morgan fingerprint density at radius 2 is 2.10 bits per heavy atom. The number of hydrogen-bond donors (Lipinski definition) is 1. The molecule has 0 fully saturated rings. The summed E-state index contributed by atoms with van der Waals surface area (Å²) in [5.41, 5.74) is 0.914. The van der Waals surface area contributed by atoms with Crippen LogP contribution in [0.15, 0.2) is 30.9 Å². The van der Waals surface area contributed by atoms with E-state index in [1.807, 2.05) is 0 Å². The molecule has 21 heavy (non-hydrogen) atoms. The molecule has 0 saturated carbocycles. The van der Waals surface area contributed by atoms with E-state index in [0.29, 0.717) is 35.1 Å². The van der Waals surface area contributed by atoms with Gasteiger partial charge in [0.05, 0.1) is 17.1 Å². The number of hydrogen-bond acceptors (Lipinski definition) is 4. The van der Waals surface area contributed by atoms with Crippen molar-refractivity contribution >= 4 is 38.9 Å². The molecule has 9 heteroatoms. The smallest absolute Gasteiger partial charge is 0.232 e. The minimum Gasteiger partial charge on any atom is -0.281 e. The molecule has 114 valence electrons. The normalized spacial score (nSPS) is 11.5. The molecule has 0 aliphatic carbocycles. The van der Waals surface area contributed by atoms with Crippen LogP contribution in [0.2, 0.25) is 5.02 Å². The van der Waals surface area contributed by atoms with Crippen molar-refractivity contribution in [3.05, 3.63) is 35.9 Å². The number of benzene rings is 1. The molecule has 6 nitrogen and oxygen atoms in total. The Hall–Kier alpha value is -1.31. The molecule has 1 aromatic heterocycles. The van der Waals surface area contributed by atoms with Gasteiger partial charge in [-0.2, -0.15) is 5.10 Å². The van der Waals surface area contributed by atoms with Gasteiger partial charge < -0.3 is 0 Å². The Bertz CT molecular complexity index is 689. The first kappa shape index (κ1) is 16.1. The van der Waals surface area contributed by atoms with Gasteiger partial charge in [-0.15, -0.1) is 11.6 Å². The molecule has 0 saturated heterocycles. The highest BCUT2D eigenvalue weighted by molar-refractivity contribution is 7.92. The summed E-state index contributed by atoms with van der Waals surface area (Å²) in [6, 6.07) is 4.87. The third-order valence-corrected chi connectivity index (χ3v) is 4.55. The molecule has 0 aliphatic rings. The maximum atomic E-state index is 12.1. The van der Waals surface area contributed by atoms with Crippen LogP contribution in [0.3, 0.4) is 0 Å². The van der Waals surface area contributed by atoms with Gasteiger partial charge in [-0.25, -0.2) is 18.1 Å². The lowest BCUT2D eigenvalue weighted by Crippen LogP contribution is -2.18. The summed E-state index contributed by atoms with van der Waals surface area (Å²) >= 11 is 11.5. The molecule has 0 aliphatic heterocycles. The number of aromatic nitrogens is 3. The first-order chi connectivity index (χ1) is 10.0. The maximum absolute atomic E-state index is 12.1. The number of rotatable bonds is 7. The van der Waals surface area contributed by atoms with Crippen LogP contribution in [0.25, 0.3) is 5.69 Å². The molecule has 0 unspecified atom stereocenters. The van der Waals surface area contributed by atoms with Gasteiger partial charge in [-0.3, -0.25) is 4.72 Å². The van der Waals surface area contributed by atoms with Crippen molar-refractivity contribution in [2.75, 3.05) is 16.4 Å². The molecular weight excluding hydrogens is 335 g/mol. The summed E-state index contributed by atoms with van der Waals surface area (Å²) in [6.45, 7) is 0. The van der Waals surface area contributed by atoms with Gasteiger partial charge in [0.15, 0.2) is 0 Å². The predicted octanol–water partition coefficient (Wildman–Crippen LogP) is 2.68. The van der Waals surface area contributed by atoms with Gasteiger partial charge in [0.2, 0.25) is 10.0 Å². The molecule has 1 heterocycles. The number of anilines is 1. The third kappa shape index (κ3) is 4.59. The highest BCUT2D eigenvalue weighted by Crippen LogP contribution is 2.25. The van der Waals surface area contributed by atoms with Gasteiger partial charge >= 0.3 is 0 Å². The van der Waals surface area contributed by atoms with Crippen molar-refractivity contribution in [3.63, 3.8) is 0 Å². The second-order valence-electron chi connectivity index (χ2n) is 4.32. The molecule has 0 spiro atoms. The van der Waals surface area contributed by atoms with E-state index in [2.05, 4.69) is 14.8 Å². The van der Waals surface area contributed by atoms with Crippen LogP contribution in [-0.2, 0) is 10.0 Å². The fourth-order valence-electron chi connectivity index (χ4n) is 1.73. The first-order valence-corrected chi connectivity index (χ1v) is 8.79. The second kappa shape index (κ2) is 7.11. The van der Waals surface area contributed by atoms with E-state index in [-0.39, 0.29) is 5.75 Å². The van der Waals surface area contributed by atoms with Crippen LogP contribution < -0.4 is 4.72 Å². The Morgan fingerprint density at radius 3 is 2.76 bits per heavy atom. The molecule has 0 bridgehead atoms. The van der Waals surface area contributed by atoms with E-state index in [4.69, 9.17) is 23.2 Å². The Morgan fingerprint density at radius 1 is 1.29 bits per heavy atom. The van der Waals surface area contributed by atoms with Crippen molar-refractivity contribution in [3.8, 4) is 5.69 Å². The monoisotopic (exact) mass is 348 g/mol. The number of alkyl halides is 1. The zero-order valence-corrected chi connectivity index (χ0v) is 13.4. The fraction of sp³-hybridized carbons (Fsp3) is 0.333. The molecule has 1 aromatic carbocycles. The quantitative estimate of drug-likeness (QED) is 0.616. The average Bonchev–Trinajstić information content (AvgIpc) is 2.92. The summed E-state index contributed by atoms with van der Waals surface area (Å²) in [5.74, 6) is 0.444. The lowest BCUT2D eigenvalue weighted by molar-refractivity contribution is 0.598. The van der Waals surface area contributed by atoms with E-state index >= 15 is 0 Å². The molecule has 2 aromatic rings. The Labute approximate surface area is 133 Å². The van der Waals surface area contributed by atoms with Crippen molar-refractivity contribution in [1.29, 1.82) is 0 Å². The highest BCUT2D eigenvalue weighted by atomic mass is 35.5. The summed E-state index contributed by atoms with van der Waals surface area (Å²) in [6.07, 6.45) is 3.99. The van der Waals surface area contributed by atoms with Crippen LogP contribution in [-0.4, -0.2) is 34.8 Å². The number of unbranched alkanes of at least 4 members (excludes halogenated alkanes) is 1. The van der Waals surface area contributed by atoms with Gasteiger partial charge in [0.25, 0.3) is 0 Å². The van der Waals surface area contributed by atoms with Crippen LogP contribution in [0.4, 0.5) is 5.69 Å². The van der Waals surface area contributed by atoms with Gasteiger partial charge in [-0.05, 0) is 31.0 Å². The van der Waals surface area contributed by atoms with E-state index in [1.165, 1.54) is 23.4 Å². The zero-order valence-electron chi connectivity index (χ0n) is 11.0. The maximum Gasteiger partial charge on any atom is 0.232 e. The summed E-state index contributed by atoms with van der Waals surface area (Å²) < 4.78 is 28.1. The van der Waals surface area contributed by atoms with Crippen molar-refractivity contribution in [2.45, 2.75) is 12.8 Å². The summed E-state index contributed by atoms with van der Waals surface area (Å²) in [4.78, 5) is 3.85. The number of nitrogens with zero attached hydrogens (tertiary/aromatic N) is 3. The molecule has 2 rings (SSSR count). The minimum atomic E-state index is -3.47. The minimum absolute atomic E-state index is 0.00301. The molecular formula is C12H14Cl2N4O2S. The SMILES string of the molecule is O=S(=O)(CCCCCl)Nc1cc(Cl)ccc1-n1cncn1. The van der Waals surface area contributed by atoms with E-state index in [9.17, 15) is 8.42 Å². The summed E-state index contributed by atoms with van der Waals surface area (Å²) in [7, 11) is -3.47. The van der Waals surface area contributed by atoms with Crippen molar-refractivity contribution in [2.24, 2.45) is 0 Å². The summed E-state index contributed by atoms with van der Waals surface area (Å²) in [5, 5.41) is 4.42. The second-order valence-corrected chi connectivity index (χ2v) is 6.97. The number of nitrogens with one attached hydrogen (secondary N) is 1. The molecule has 0 amide bonds. The largest absolute Gasteiger partial charge is 0.281 e. The number of sulfonamides is 1. The van der Waals surface area contributed by atoms with Crippen LogP contribution in [0.1, 0.15) is 12.8 Å². The van der Waals surface area contributed by atoms with Crippen molar-refractivity contribution in [1.82, 2.24) is 14.8 Å². The Balaban J connectivity index is 2.25. The zero-order chi connectivity index (χ0) is 15.3. The topological polar surface area (TPSA) is 76.9 Å². The lowest BCUT2D eigenvalue weighted by atomic mass is 10.3. The standard InChI is InChI=1S/C12H14Cl2N4O2S/c13-5-1-2-6-21(19,20)17-11-7-10(14)3-4-12(11)18-9-15-8-16-18/h3-4,7-9,17H,1-2,5-6H2. The molecule has 0 radical (unpaired) electrons. The molecule has 0 atom stereocenters. The van der Waals surface area contributed by atoms with E-state index < -0.39 is 10.0 Å².